The summed E-state index contributed by atoms with van der Waals surface area (Å²) in [6, 6.07) is 25.2. The molecule has 1 fully saturated rings. The molecule has 4 aliphatic carbocycles. The summed E-state index contributed by atoms with van der Waals surface area (Å²) in [7, 11) is -0.877. The summed E-state index contributed by atoms with van der Waals surface area (Å²) < 4.78 is 6.85. The van der Waals surface area contributed by atoms with Crippen LogP contribution in [0.5, 0.6) is 0 Å². The third kappa shape index (κ3) is 4.13. The molecular weight excluding hydrogens is 551 g/mol. The molecule has 0 N–H and O–H groups in total. The van der Waals surface area contributed by atoms with Gasteiger partial charge in [-0.3, -0.25) is 0 Å². The van der Waals surface area contributed by atoms with Gasteiger partial charge < -0.3 is 9.64 Å². The SMILES string of the molecule is C[Si]1C2=CCC3C(=C2c2c(N(C4=CCC(c5ccc6c(c5)CCCC6)C=C4)c4ccccc4)cccc21)OC1C=CC=CC13. The van der Waals surface area contributed by atoms with Gasteiger partial charge in [-0.2, -0.15) is 0 Å². The summed E-state index contributed by atoms with van der Waals surface area (Å²) >= 11 is 0. The lowest BCUT2D eigenvalue weighted by atomic mass is 9.80. The highest BCUT2D eigenvalue weighted by molar-refractivity contribution is 6.85. The molecular formula is C41H38NOSi. The summed E-state index contributed by atoms with van der Waals surface area (Å²) in [4.78, 5) is 2.51. The Kier molecular flexibility index (Phi) is 6.30. The van der Waals surface area contributed by atoms with Crippen molar-refractivity contribution in [2.45, 2.75) is 57.1 Å². The van der Waals surface area contributed by atoms with E-state index < -0.39 is 8.80 Å². The summed E-state index contributed by atoms with van der Waals surface area (Å²) in [6.07, 6.45) is 26.2. The smallest absolute Gasteiger partial charge is 0.124 e. The van der Waals surface area contributed by atoms with Crippen LogP contribution in [0.2, 0.25) is 6.55 Å². The molecule has 0 amide bonds. The van der Waals surface area contributed by atoms with Gasteiger partial charge in [-0.1, -0.05) is 91.5 Å². The van der Waals surface area contributed by atoms with Gasteiger partial charge in [0.25, 0.3) is 0 Å². The molecule has 6 aliphatic rings. The highest BCUT2D eigenvalue weighted by Crippen LogP contribution is 2.53. The summed E-state index contributed by atoms with van der Waals surface area (Å²) in [5.41, 5.74) is 11.1. The minimum Gasteiger partial charge on any atom is -0.489 e. The van der Waals surface area contributed by atoms with Crippen LogP contribution in [-0.4, -0.2) is 14.9 Å². The first-order valence-corrected chi connectivity index (χ1v) is 18.5. The molecule has 0 bridgehead atoms. The van der Waals surface area contributed by atoms with Crippen molar-refractivity contribution in [2.24, 2.45) is 11.8 Å². The highest BCUT2D eigenvalue weighted by Gasteiger charge is 2.47. The Hall–Kier alpha value is -4.08. The average molecular weight is 589 g/mol. The largest absolute Gasteiger partial charge is 0.489 e. The molecule has 44 heavy (non-hydrogen) atoms. The molecule has 4 unspecified atom stereocenters. The van der Waals surface area contributed by atoms with E-state index in [1.807, 2.05) is 0 Å². The molecule has 3 heteroatoms. The number of hydrogen-bond donors (Lipinski definition) is 0. The Balaban J connectivity index is 1.14. The molecule has 0 spiro atoms. The fourth-order valence-electron chi connectivity index (χ4n) is 8.54. The van der Waals surface area contributed by atoms with Crippen molar-refractivity contribution in [1.29, 1.82) is 0 Å². The molecule has 2 heterocycles. The van der Waals surface area contributed by atoms with Crippen LogP contribution in [0.1, 0.15) is 53.9 Å². The van der Waals surface area contributed by atoms with E-state index in [0.29, 0.717) is 17.8 Å². The zero-order chi connectivity index (χ0) is 29.2. The normalized spacial score (nSPS) is 26.2. The second-order valence-electron chi connectivity index (χ2n) is 13.2. The monoisotopic (exact) mass is 588 g/mol. The minimum atomic E-state index is -0.877. The van der Waals surface area contributed by atoms with Crippen molar-refractivity contribution in [3.63, 3.8) is 0 Å². The van der Waals surface area contributed by atoms with E-state index in [1.165, 1.54) is 70.4 Å². The van der Waals surface area contributed by atoms with E-state index >= 15 is 0 Å². The van der Waals surface area contributed by atoms with Gasteiger partial charge in [0.05, 0.1) is 5.69 Å². The van der Waals surface area contributed by atoms with Crippen molar-refractivity contribution >= 4 is 30.9 Å². The molecule has 3 aromatic rings. The van der Waals surface area contributed by atoms with Crippen LogP contribution in [-0.2, 0) is 17.6 Å². The second kappa shape index (κ2) is 10.5. The van der Waals surface area contributed by atoms with Gasteiger partial charge in [0.15, 0.2) is 0 Å². The van der Waals surface area contributed by atoms with Crippen LogP contribution in [0.25, 0.3) is 5.57 Å². The first-order valence-electron chi connectivity index (χ1n) is 16.5. The van der Waals surface area contributed by atoms with Gasteiger partial charge in [-0.15, -0.1) is 0 Å². The van der Waals surface area contributed by atoms with Crippen molar-refractivity contribution < 1.29 is 4.74 Å². The predicted octanol–water partition coefficient (Wildman–Crippen LogP) is 9.01. The molecule has 0 saturated carbocycles. The highest BCUT2D eigenvalue weighted by atomic mass is 28.3. The van der Waals surface area contributed by atoms with Crippen LogP contribution in [0.15, 0.2) is 132 Å². The van der Waals surface area contributed by atoms with E-state index in [0.717, 1.165) is 12.8 Å². The minimum absolute atomic E-state index is 0.152. The number of aryl methyl sites for hydroxylation is 2. The number of anilines is 2. The van der Waals surface area contributed by atoms with Gasteiger partial charge >= 0.3 is 0 Å². The number of fused-ring (bicyclic) bond motifs is 7. The van der Waals surface area contributed by atoms with Gasteiger partial charge in [0.1, 0.15) is 20.7 Å². The predicted molar refractivity (Wildman–Crippen MR) is 184 cm³/mol. The summed E-state index contributed by atoms with van der Waals surface area (Å²) in [6.45, 7) is 2.48. The molecule has 217 valence electrons. The Morgan fingerprint density at radius 2 is 1.68 bits per heavy atom. The van der Waals surface area contributed by atoms with E-state index in [-0.39, 0.29) is 6.10 Å². The van der Waals surface area contributed by atoms with Crippen LogP contribution < -0.4 is 10.1 Å². The fourth-order valence-corrected chi connectivity index (χ4v) is 10.8. The zero-order valence-electron chi connectivity index (χ0n) is 25.4. The first-order chi connectivity index (χ1) is 21.7. The maximum Gasteiger partial charge on any atom is 0.124 e. The van der Waals surface area contributed by atoms with Crippen molar-refractivity contribution in [1.82, 2.24) is 0 Å². The van der Waals surface area contributed by atoms with E-state index in [9.17, 15) is 0 Å². The average Bonchev–Trinajstić information content (AvgIpc) is 3.61. The number of benzene rings is 3. The van der Waals surface area contributed by atoms with Gasteiger partial charge in [0, 0.05) is 40.3 Å². The maximum absolute atomic E-state index is 6.85. The van der Waals surface area contributed by atoms with Crippen molar-refractivity contribution in [2.75, 3.05) is 4.90 Å². The first kappa shape index (κ1) is 26.3. The number of nitrogens with zero attached hydrogens (tertiary/aromatic N) is 1. The standard InChI is InChI=1S/C41H38NOSi/c1-44-37-17-9-15-35(39(37)40-38(44)25-24-34-33-14-7-8-16-36(33)43-41(34)40)42(31-12-3-2-4-13-31)32-22-20-28(21-23-32)30-19-18-27-10-5-6-11-29(27)26-30/h2-4,7-9,12-20,22-23,25-26,28,33-34,36H,5-6,10-11,21,24H2,1H3. The van der Waals surface area contributed by atoms with Crippen LogP contribution in [0, 0.1) is 11.8 Å². The number of allylic oxidation sites excluding steroid dienone is 9. The Labute approximate surface area is 263 Å². The molecule has 3 aromatic carbocycles. The van der Waals surface area contributed by atoms with Crippen LogP contribution >= 0.6 is 0 Å². The lowest BCUT2D eigenvalue weighted by molar-refractivity contribution is 0.186. The molecule has 4 atom stereocenters. The molecule has 1 saturated heterocycles. The molecule has 0 aromatic heterocycles. The molecule has 1 radical (unpaired) electrons. The Bertz CT molecular complexity index is 1840. The third-order valence-corrected chi connectivity index (χ3v) is 13.3. The van der Waals surface area contributed by atoms with Crippen molar-refractivity contribution in [3.8, 4) is 0 Å². The van der Waals surface area contributed by atoms with Crippen LogP contribution in [0.4, 0.5) is 11.4 Å². The van der Waals surface area contributed by atoms with E-state index in [2.05, 4.69) is 127 Å². The van der Waals surface area contributed by atoms with Gasteiger partial charge in [0.2, 0.25) is 0 Å². The van der Waals surface area contributed by atoms with Crippen LogP contribution in [0.3, 0.4) is 0 Å². The Morgan fingerprint density at radius 1 is 0.818 bits per heavy atom. The third-order valence-electron chi connectivity index (χ3n) is 10.8. The summed E-state index contributed by atoms with van der Waals surface area (Å²) in [5, 5.41) is 3.06. The summed E-state index contributed by atoms with van der Waals surface area (Å²) in [5.74, 6) is 2.51. The molecule has 2 nitrogen and oxygen atoms in total. The lowest BCUT2D eigenvalue weighted by Gasteiger charge is -2.31. The quantitative estimate of drug-likeness (QED) is 0.282. The molecule has 2 aliphatic heterocycles. The van der Waals surface area contributed by atoms with Gasteiger partial charge in [-0.05, 0) is 95.9 Å². The fraction of sp³-hybridized carbons (Fsp3) is 0.268. The zero-order valence-corrected chi connectivity index (χ0v) is 26.4. The number of hydrogen-bond acceptors (Lipinski definition) is 2. The molecule has 9 rings (SSSR count). The lowest BCUT2D eigenvalue weighted by Crippen LogP contribution is -2.26. The number of ether oxygens (including phenoxy) is 1. The number of para-hydroxylation sites is 1. The second-order valence-corrected chi connectivity index (χ2v) is 15.5. The van der Waals surface area contributed by atoms with Crippen molar-refractivity contribution in [3.05, 3.63) is 154 Å². The maximum atomic E-state index is 6.85. The van der Waals surface area contributed by atoms with E-state index in [1.54, 1.807) is 16.3 Å². The van der Waals surface area contributed by atoms with Gasteiger partial charge in [-0.25, -0.2) is 0 Å². The van der Waals surface area contributed by atoms with E-state index in [4.69, 9.17) is 4.74 Å². The topological polar surface area (TPSA) is 12.5 Å². The number of rotatable bonds is 4. The Morgan fingerprint density at radius 3 is 2.55 bits per heavy atom.